The van der Waals surface area contributed by atoms with Gasteiger partial charge in [-0.2, -0.15) is 0 Å². The van der Waals surface area contributed by atoms with Gasteiger partial charge in [-0.25, -0.2) is 4.98 Å². The molecule has 0 fully saturated rings. The lowest BCUT2D eigenvalue weighted by atomic mass is 10.0. The van der Waals surface area contributed by atoms with E-state index >= 15 is 0 Å². The van der Waals surface area contributed by atoms with Crippen molar-refractivity contribution in [3.8, 4) is 5.75 Å². The topological polar surface area (TPSA) is 54.5 Å². The summed E-state index contributed by atoms with van der Waals surface area (Å²) in [6, 6.07) is 19.5. The molecule has 0 atom stereocenters. The number of nitrogens with one attached hydrogen (secondary N) is 1. The lowest BCUT2D eigenvalue weighted by Crippen LogP contribution is -2.24. The average molecular weight is 387 g/mol. The quantitative estimate of drug-likeness (QED) is 0.653. The van der Waals surface area contributed by atoms with Crippen molar-refractivity contribution in [1.82, 2.24) is 4.98 Å². The van der Waals surface area contributed by atoms with Crippen LogP contribution in [0.2, 0.25) is 0 Å². The Balaban J connectivity index is 1.45. The van der Waals surface area contributed by atoms with Gasteiger partial charge in [0, 0.05) is 17.9 Å². The number of rotatable bonds is 5. The van der Waals surface area contributed by atoms with Crippen molar-refractivity contribution in [2.45, 2.75) is 32.8 Å². The Kier molecular flexibility index (Phi) is 5.47. The Hall–Kier alpha value is -3.34. The Morgan fingerprint density at radius 3 is 2.59 bits per heavy atom. The van der Waals surface area contributed by atoms with E-state index in [-0.39, 0.29) is 12.0 Å². The van der Waals surface area contributed by atoms with Crippen LogP contribution in [0.3, 0.4) is 0 Å². The first-order chi connectivity index (χ1) is 14.1. The SMILES string of the molecule is CC(C)Oc1ccc(NC(=O)c2ccc(N3CCCc4ccccc43)cn2)cc1. The predicted octanol–water partition coefficient (Wildman–Crippen LogP) is 5.21. The van der Waals surface area contributed by atoms with E-state index in [0.717, 1.165) is 30.8 Å². The van der Waals surface area contributed by atoms with Gasteiger partial charge in [0.2, 0.25) is 0 Å². The summed E-state index contributed by atoms with van der Waals surface area (Å²) in [6.45, 7) is 4.91. The first kappa shape index (κ1) is 19.0. The van der Waals surface area contributed by atoms with E-state index in [9.17, 15) is 4.79 Å². The Bertz CT molecular complexity index is 982. The van der Waals surface area contributed by atoms with Crippen molar-refractivity contribution >= 4 is 23.0 Å². The number of hydrogen-bond donors (Lipinski definition) is 1. The Morgan fingerprint density at radius 2 is 1.86 bits per heavy atom. The van der Waals surface area contributed by atoms with E-state index in [1.807, 2.05) is 44.2 Å². The third-order valence-corrected chi connectivity index (χ3v) is 4.89. The lowest BCUT2D eigenvalue weighted by Gasteiger charge is -2.31. The first-order valence-electron chi connectivity index (χ1n) is 10.00. The Morgan fingerprint density at radius 1 is 1.07 bits per heavy atom. The maximum absolute atomic E-state index is 12.5. The molecule has 4 rings (SSSR count). The van der Waals surface area contributed by atoms with E-state index in [0.29, 0.717) is 11.4 Å². The highest BCUT2D eigenvalue weighted by molar-refractivity contribution is 6.03. The minimum absolute atomic E-state index is 0.116. The third-order valence-electron chi connectivity index (χ3n) is 4.89. The molecule has 0 saturated heterocycles. The predicted molar refractivity (Wildman–Crippen MR) is 116 cm³/mol. The van der Waals surface area contributed by atoms with Gasteiger partial charge < -0.3 is 15.0 Å². The number of aromatic nitrogens is 1. The summed E-state index contributed by atoms with van der Waals surface area (Å²) in [4.78, 5) is 19.2. The highest BCUT2D eigenvalue weighted by Crippen LogP contribution is 2.32. The normalized spacial score (nSPS) is 13.1. The summed E-state index contributed by atoms with van der Waals surface area (Å²) < 4.78 is 5.62. The van der Waals surface area contributed by atoms with E-state index in [4.69, 9.17) is 4.74 Å². The smallest absolute Gasteiger partial charge is 0.274 e. The summed E-state index contributed by atoms with van der Waals surface area (Å²) in [5.74, 6) is 0.551. The highest BCUT2D eigenvalue weighted by atomic mass is 16.5. The van der Waals surface area contributed by atoms with Crippen molar-refractivity contribution in [2.24, 2.45) is 0 Å². The van der Waals surface area contributed by atoms with Crippen molar-refractivity contribution in [3.63, 3.8) is 0 Å². The zero-order chi connectivity index (χ0) is 20.2. The molecule has 1 aromatic heterocycles. The number of aryl methyl sites for hydroxylation is 1. The van der Waals surface area contributed by atoms with Crippen LogP contribution in [0.25, 0.3) is 0 Å². The second-order valence-electron chi connectivity index (χ2n) is 7.43. The molecule has 0 aliphatic carbocycles. The van der Waals surface area contributed by atoms with Crippen LogP contribution in [0, 0.1) is 0 Å². The fraction of sp³-hybridized carbons (Fsp3) is 0.250. The lowest BCUT2D eigenvalue weighted by molar-refractivity contribution is 0.102. The maximum atomic E-state index is 12.5. The standard InChI is InChI=1S/C24H25N3O2/c1-17(2)29-21-12-9-19(10-13-21)26-24(28)22-14-11-20(16-25-22)27-15-5-7-18-6-3-4-8-23(18)27/h3-4,6,8-14,16-17H,5,7,15H2,1-2H3,(H,26,28). The van der Waals surface area contributed by atoms with Gasteiger partial charge in [-0.15, -0.1) is 0 Å². The second-order valence-corrected chi connectivity index (χ2v) is 7.43. The zero-order valence-electron chi connectivity index (χ0n) is 16.8. The fourth-order valence-corrected chi connectivity index (χ4v) is 3.57. The number of amides is 1. The van der Waals surface area contributed by atoms with E-state index in [1.165, 1.54) is 11.3 Å². The van der Waals surface area contributed by atoms with Crippen LogP contribution in [0.4, 0.5) is 17.1 Å². The van der Waals surface area contributed by atoms with Gasteiger partial charge in [0.15, 0.2) is 0 Å². The van der Waals surface area contributed by atoms with Gasteiger partial charge in [-0.3, -0.25) is 4.79 Å². The van der Waals surface area contributed by atoms with Crippen LogP contribution in [-0.2, 0) is 6.42 Å². The summed E-state index contributed by atoms with van der Waals surface area (Å²) in [6.07, 6.45) is 4.10. The van der Waals surface area contributed by atoms with Gasteiger partial charge in [0.05, 0.1) is 18.0 Å². The number of nitrogens with zero attached hydrogens (tertiary/aromatic N) is 2. The number of carbonyl (C=O) groups excluding carboxylic acids is 1. The van der Waals surface area contributed by atoms with Crippen molar-refractivity contribution in [3.05, 3.63) is 78.1 Å². The molecule has 29 heavy (non-hydrogen) atoms. The molecule has 2 heterocycles. The zero-order valence-corrected chi connectivity index (χ0v) is 16.8. The number of benzene rings is 2. The van der Waals surface area contributed by atoms with Crippen LogP contribution >= 0.6 is 0 Å². The molecule has 1 amide bonds. The van der Waals surface area contributed by atoms with Gasteiger partial charge in [0.1, 0.15) is 11.4 Å². The number of fused-ring (bicyclic) bond motifs is 1. The number of carbonyl (C=O) groups is 1. The van der Waals surface area contributed by atoms with Crippen LogP contribution in [-0.4, -0.2) is 23.5 Å². The number of para-hydroxylation sites is 1. The van der Waals surface area contributed by atoms with Crippen LogP contribution in [0.5, 0.6) is 5.75 Å². The van der Waals surface area contributed by atoms with Crippen molar-refractivity contribution < 1.29 is 9.53 Å². The second kappa shape index (κ2) is 8.35. The fourth-order valence-electron chi connectivity index (χ4n) is 3.57. The van der Waals surface area contributed by atoms with Crippen LogP contribution in [0.15, 0.2) is 66.9 Å². The molecular weight excluding hydrogens is 362 g/mol. The highest BCUT2D eigenvalue weighted by Gasteiger charge is 2.18. The minimum atomic E-state index is -0.229. The van der Waals surface area contributed by atoms with Gasteiger partial charge in [-0.1, -0.05) is 18.2 Å². The molecule has 0 spiro atoms. The van der Waals surface area contributed by atoms with Gasteiger partial charge in [0.25, 0.3) is 5.91 Å². The van der Waals surface area contributed by atoms with Crippen LogP contribution in [0.1, 0.15) is 36.3 Å². The summed E-state index contributed by atoms with van der Waals surface area (Å²) in [5.41, 5.74) is 4.68. The van der Waals surface area contributed by atoms with Crippen molar-refractivity contribution in [1.29, 1.82) is 0 Å². The summed E-state index contributed by atoms with van der Waals surface area (Å²) >= 11 is 0. The first-order valence-corrected chi connectivity index (χ1v) is 10.00. The molecule has 2 aromatic carbocycles. The third kappa shape index (κ3) is 4.40. The van der Waals surface area contributed by atoms with Gasteiger partial charge in [-0.05, 0) is 74.7 Å². The van der Waals surface area contributed by atoms with Crippen molar-refractivity contribution in [2.75, 3.05) is 16.8 Å². The number of hydrogen-bond acceptors (Lipinski definition) is 4. The average Bonchev–Trinajstić information content (AvgIpc) is 2.74. The van der Waals surface area contributed by atoms with E-state index in [2.05, 4.69) is 39.5 Å². The molecule has 0 unspecified atom stereocenters. The molecule has 1 aliphatic rings. The maximum Gasteiger partial charge on any atom is 0.274 e. The molecule has 1 N–H and O–H groups in total. The summed E-state index contributed by atoms with van der Waals surface area (Å²) in [5, 5.41) is 2.88. The molecule has 0 saturated carbocycles. The molecule has 148 valence electrons. The largest absolute Gasteiger partial charge is 0.491 e. The number of anilines is 3. The molecule has 5 nitrogen and oxygen atoms in total. The van der Waals surface area contributed by atoms with Gasteiger partial charge >= 0.3 is 0 Å². The molecule has 0 radical (unpaired) electrons. The molecule has 3 aromatic rings. The Labute approximate surface area is 171 Å². The molecule has 0 bridgehead atoms. The molecular formula is C24H25N3O2. The molecule has 5 heteroatoms. The van der Waals surface area contributed by atoms with E-state index in [1.54, 1.807) is 12.3 Å². The van der Waals surface area contributed by atoms with Crippen LogP contribution < -0.4 is 15.0 Å². The number of ether oxygens (including phenoxy) is 1. The number of pyridine rings is 1. The minimum Gasteiger partial charge on any atom is -0.491 e. The summed E-state index contributed by atoms with van der Waals surface area (Å²) in [7, 11) is 0. The van der Waals surface area contributed by atoms with E-state index < -0.39 is 0 Å². The molecule has 1 aliphatic heterocycles. The monoisotopic (exact) mass is 387 g/mol.